The molecule has 0 saturated carbocycles. The van der Waals surface area contributed by atoms with Crippen molar-refractivity contribution in [3.05, 3.63) is 35.5 Å². The van der Waals surface area contributed by atoms with Crippen LogP contribution < -0.4 is 0 Å². The van der Waals surface area contributed by atoms with E-state index in [-0.39, 0.29) is 0 Å². The maximum atomic E-state index is 4.64. The smallest absolute Gasteiger partial charge is 0.124 e. The van der Waals surface area contributed by atoms with Crippen molar-refractivity contribution in [2.75, 3.05) is 0 Å². The van der Waals surface area contributed by atoms with Crippen LogP contribution in [0.5, 0.6) is 0 Å². The van der Waals surface area contributed by atoms with Gasteiger partial charge in [-0.2, -0.15) is 5.10 Å². The molecule has 17 heavy (non-hydrogen) atoms. The molecule has 0 bridgehead atoms. The van der Waals surface area contributed by atoms with Gasteiger partial charge in [-0.25, -0.2) is 4.98 Å². The number of aromatic nitrogens is 3. The van der Waals surface area contributed by atoms with E-state index in [1.54, 1.807) is 11.3 Å². The highest BCUT2D eigenvalue weighted by molar-refractivity contribution is 7.13. The number of thiazole rings is 1. The molecule has 3 nitrogen and oxygen atoms in total. The van der Waals surface area contributed by atoms with E-state index in [0.717, 1.165) is 22.6 Å². The van der Waals surface area contributed by atoms with Gasteiger partial charge in [-0.15, -0.1) is 11.3 Å². The molecule has 2 heterocycles. The standard InChI is InChI=1S/C13H13N3S/c1-3-9-8-17-13(15-9)10-5-4-6-12-11(10)7-14-16(12)2/h4-8H,3H2,1-2H3. The quantitative estimate of drug-likeness (QED) is 0.691. The van der Waals surface area contributed by atoms with Gasteiger partial charge in [0.2, 0.25) is 0 Å². The summed E-state index contributed by atoms with van der Waals surface area (Å²) in [5.41, 5.74) is 3.49. The number of aryl methyl sites for hydroxylation is 2. The average molecular weight is 243 g/mol. The molecule has 3 rings (SSSR count). The first kappa shape index (κ1) is 10.5. The largest absolute Gasteiger partial charge is 0.268 e. The van der Waals surface area contributed by atoms with Gasteiger partial charge >= 0.3 is 0 Å². The monoisotopic (exact) mass is 243 g/mol. The van der Waals surface area contributed by atoms with E-state index >= 15 is 0 Å². The van der Waals surface area contributed by atoms with Crippen LogP contribution in [0.1, 0.15) is 12.6 Å². The summed E-state index contributed by atoms with van der Waals surface area (Å²) >= 11 is 1.70. The molecule has 1 aromatic carbocycles. The first-order valence-electron chi connectivity index (χ1n) is 5.65. The van der Waals surface area contributed by atoms with Gasteiger partial charge in [0, 0.05) is 23.4 Å². The second kappa shape index (κ2) is 3.96. The number of benzene rings is 1. The van der Waals surface area contributed by atoms with E-state index < -0.39 is 0 Å². The summed E-state index contributed by atoms with van der Waals surface area (Å²) in [7, 11) is 1.96. The summed E-state index contributed by atoms with van der Waals surface area (Å²) in [6, 6.07) is 6.26. The lowest BCUT2D eigenvalue weighted by molar-refractivity contribution is 0.797. The molecule has 0 amide bonds. The second-order valence-electron chi connectivity index (χ2n) is 4.00. The summed E-state index contributed by atoms with van der Waals surface area (Å²) in [5, 5.41) is 8.69. The Labute approximate surface area is 104 Å². The molecule has 0 spiro atoms. The molecule has 0 aliphatic carbocycles. The van der Waals surface area contributed by atoms with Gasteiger partial charge in [0.15, 0.2) is 0 Å². The van der Waals surface area contributed by atoms with Crippen LogP contribution in [0.4, 0.5) is 0 Å². The van der Waals surface area contributed by atoms with E-state index in [9.17, 15) is 0 Å². The van der Waals surface area contributed by atoms with Crippen LogP contribution in [0.15, 0.2) is 29.8 Å². The Morgan fingerprint density at radius 2 is 2.24 bits per heavy atom. The Balaban J connectivity index is 2.23. The molecule has 0 fully saturated rings. The molecule has 86 valence electrons. The van der Waals surface area contributed by atoms with Crippen molar-refractivity contribution in [2.45, 2.75) is 13.3 Å². The predicted octanol–water partition coefficient (Wildman–Crippen LogP) is 3.26. The first-order valence-corrected chi connectivity index (χ1v) is 6.53. The van der Waals surface area contributed by atoms with Crippen LogP contribution >= 0.6 is 11.3 Å². The minimum Gasteiger partial charge on any atom is -0.268 e. The molecule has 0 N–H and O–H groups in total. The third-order valence-corrected chi connectivity index (χ3v) is 3.86. The van der Waals surface area contributed by atoms with Gasteiger partial charge in [-0.1, -0.05) is 19.1 Å². The van der Waals surface area contributed by atoms with Crippen molar-refractivity contribution in [3.8, 4) is 10.6 Å². The number of nitrogens with zero attached hydrogens (tertiary/aromatic N) is 3. The zero-order chi connectivity index (χ0) is 11.8. The fourth-order valence-electron chi connectivity index (χ4n) is 1.96. The van der Waals surface area contributed by atoms with E-state index in [1.165, 1.54) is 10.9 Å². The number of hydrogen-bond donors (Lipinski definition) is 0. The fraction of sp³-hybridized carbons (Fsp3) is 0.231. The van der Waals surface area contributed by atoms with Crippen molar-refractivity contribution in [3.63, 3.8) is 0 Å². The molecule has 0 atom stereocenters. The second-order valence-corrected chi connectivity index (χ2v) is 4.86. The van der Waals surface area contributed by atoms with Crippen molar-refractivity contribution >= 4 is 22.2 Å². The maximum absolute atomic E-state index is 4.64. The van der Waals surface area contributed by atoms with Gasteiger partial charge in [-0.3, -0.25) is 4.68 Å². The Hall–Kier alpha value is -1.68. The molecule has 0 radical (unpaired) electrons. The molecule has 0 aliphatic rings. The molecule has 0 unspecified atom stereocenters. The van der Waals surface area contributed by atoms with Crippen LogP contribution in [0.25, 0.3) is 21.5 Å². The maximum Gasteiger partial charge on any atom is 0.124 e. The van der Waals surface area contributed by atoms with Gasteiger partial charge in [0.1, 0.15) is 5.01 Å². The first-order chi connectivity index (χ1) is 8.29. The number of fused-ring (bicyclic) bond motifs is 1. The Bertz CT molecular complexity index is 666. The van der Waals surface area contributed by atoms with E-state index in [2.05, 4.69) is 40.6 Å². The number of hydrogen-bond acceptors (Lipinski definition) is 3. The highest BCUT2D eigenvalue weighted by Crippen LogP contribution is 2.30. The molecule has 0 aliphatic heterocycles. The molecular weight excluding hydrogens is 230 g/mol. The van der Waals surface area contributed by atoms with Crippen LogP contribution in [0.3, 0.4) is 0 Å². The minimum atomic E-state index is 0.986. The molecular formula is C13H13N3S. The van der Waals surface area contributed by atoms with Gasteiger partial charge in [0.05, 0.1) is 17.4 Å². The molecule has 4 heteroatoms. The summed E-state index contributed by atoms with van der Waals surface area (Å²) < 4.78 is 1.90. The summed E-state index contributed by atoms with van der Waals surface area (Å²) in [5.74, 6) is 0. The van der Waals surface area contributed by atoms with Crippen LogP contribution in [0.2, 0.25) is 0 Å². The van der Waals surface area contributed by atoms with Crippen molar-refractivity contribution in [1.29, 1.82) is 0 Å². The zero-order valence-electron chi connectivity index (χ0n) is 9.84. The van der Waals surface area contributed by atoms with Gasteiger partial charge < -0.3 is 0 Å². The molecule has 2 aromatic heterocycles. The fourth-order valence-corrected chi connectivity index (χ4v) is 2.90. The van der Waals surface area contributed by atoms with Crippen LogP contribution in [-0.4, -0.2) is 14.8 Å². The normalized spacial score (nSPS) is 11.2. The van der Waals surface area contributed by atoms with E-state index in [0.29, 0.717) is 0 Å². The number of rotatable bonds is 2. The van der Waals surface area contributed by atoms with Crippen molar-refractivity contribution in [2.24, 2.45) is 7.05 Å². The Morgan fingerprint density at radius 3 is 3.00 bits per heavy atom. The van der Waals surface area contributed by atoms with Crippen LogP contribution in [-0.2, 0) is 13.5 Å². The third-order valence-electron chi connectivity index (χ3n) is 2.94. The summed E-state index contributed by atoms with van der Waals surface area (Å²) in [4.78, 5) is 4.64. The van der Waals surface area contributed by atoms with Crippen molar-refractivity contribution < 1.29 is 0 Å². The topological polar surface area (TPSA) is 30.7 Å². The summed E-state index contributed by atoms with van der Waals surface area (Å²) in [6.07, 6.45) is 2.90. The van der Waals surface area contributed by atoms with E-state index in [1.807, 2.05) is 17.9 Å². The van der Waals surface area contributed by atoms with Crippen LogP contribution in [0, 0.1) is 0 Å². The minimum absolute atomic E-state index is 0.986. The average Bonchev–Trinajstić information content (AvgIpc) is 2.96. The van der Waals surface area contributed by atoms with Gasteiger partial charge in [0.25, 0.3) is 0 Å². The lowest BCUT2D eigenvalue weighted by Crippen LogP contribution is -1.88. The zero-order valence-corrected chi connectivity index (χ0v) is 10.7. The Kier molecular flexibility index (Phi) is 2.44. The lowest BCUT2D eigenvalue weighted by Gasteiger charge is -1.99. The van der Waals surface area contributed by atoms with Gasteiger partial charge in [-0.05, 0) is 12.5 Å². The Morgan fingerprint density at radius 1 is 1.35 bits per heavy atom. The van der Waals surface area contributed by atoms with Crippen molar-refractivity contribution in [1.82, 2.24) is 14.8 Å². The SMILES string of the molecule is CCc1csc(-c2cccc3c2cnn3C)n1. The summed E-state index contributed by atoms with van der Waals surface area (Å²) in [6.45, 7) is 2.13. The predicted molar refractivity (Wildman–Crippen MR) is 71.2 cm³/mol. The molecule has 3 aromatic rings. The van der Waals surface area contributed by atoms with E-state index in [4.69, 9.17) is 0 Å². The molecule has 0 saturated heterocycles. The highest BCUT2D eigenvalue weighted by atomic mass is 32.1. The highest BCUT2D eigenvalue weighted by Gasteiger charge is 2.09. The third kappa shape index (κ3) is 1.65. The lowest BCUT2D eigenvalue weighted by atomic mass is 10.1.